The number of nitriles is 1. The van der Waals surface area contributed by atoms with Gasteiger partial charge in [0, 0.05) is 5.92 Å². The van der Waals surface area contributed by atoms with Crippen molar-refractivity contribution in [1.29, 1.82) is 5.26 Å². The fourth-order valence-electron chi connectivity index (χ4n) is 2.20. The molecule has 0 aromatic heterocycles. The van der Waals surface area contributed by atoms with Crippen LogP contribution in [0.5, 0.6) is 0 Å². The van der Waals surface area contributed by atoms with Gasteiger partial charge >= 0.3 is 5.97 Å². The SMILES string of the molecule is N#C[C@@H]1C(=O)O[C@@H]2CCCC[C@@H]12. The Morgan fingerprint density at radius 1 is 1.42 bits per heavy atom. The van der Waals surface area contributed by atoms with Crippen LogP contribution in [0, 0.1) is 23.2 Å². The average molecular weight is 165 g/mol. The fourth-order valence-corrected chi connectivity index (χ4v) is 2.20. The van der Waals surface area contributed by atoms with E-state index in [1.165, 1.54) is 0 Å². The van der Waals surface area contributed by atoms with E-state index in [-0.39, 0.29) is 18.0 Å². The molecule has 1 aliphatic carbocycles. The number of carbonyl (C=O) groups excluding carboxylic acids is 1. The van der Waals surface area contributed by atoms with Gasteiger partial charge in [-0.25, -0.2) is 0 Å². The van der Waals surface area contributed by atoms with Crippen molar-refractivity contribution in [3.63, 3.8) is 0 Å². The summed E-state index contributed by atoms with van der Waals surface area (Å²) in [5, 5.41) is 8.72. The highest BCUT2D eigenvalue weighted by Gasteiger charge is 2.45. The molecule has 12 heavy (non-hydrogen) atoms. The van der Waals surface area contributed by atoms with E-state index in [1.807, 2.05) is 6.07 Å². The predicted molar refractivity (Wildman–Crippen MR) is 40.9 cm³/mol. The maximum absolute atomic E-state index is 11.1. The van der Waals surface area contributed by atoms with Gasteiger partial charge in [0.15, 0.2) is 0 Å². The Morgan fingerprint density at radius 2 is 2.17 bits per heavy atom. The minimum absolute atomic E-state index is 0.0518. The molecule has 2 rings (SSSR count). The van der Waals surface area contributed by atoms with Crippen LogP contribution in [0.4, 0.5) is 0 Å². The molecule has 3 nitrogen and oxygen atoms in total. The van der Waals surface area contributed by atoms with Gasteiger partial charge in [0.2, 0.25) is 0 Å². The summed E-state index contributed by atoms with van der Waals surface area (Å²) in [5.41, 5.74) is 0. The lowest BCUT2D eigenvalue weighted by Gasteiger charge is -2.22. The molecule has 3 atom stereocenters. The van der Waals surface area contributed by atoms with Gasteiger partial charge in [0.05, 0.1) is 6.07 Å². The van der Waals surface area contributed by atoms with Crippen LogP contribution in [0.2, 0.25) is 0 Å². The second-order valence-electron chi connectivity index (χ2n) is 3.53. The third kappa shape index (κ3) is 0.989. The molecule has 0 bridgehead atoms. The maximum atomic E-state index is 11.1. The quantitative estimate of drug-likeness (QED) is 0.507. The van der Waals surface area contributed by atoms with E-state index in [0.717, 1.165) is 25.7 Å². The van der Waals surface area contributed by atoms with Crippen molar-refractivity contribution in [3.05, 3.63) is 0 Å². The summed E-state index contributed by atoms with van der Waals surface area (Å²) in [6, 6.07) is 2.04. The largest absolute Gasteiger partial charge is 0.461 e. The number of esters is 1. The Bertz CT molecular complexity index is 243. The molecule has 0 radical (unpaired) electrons. The van der Waals surface area contributed by atoms with E-state index >= 15 is 0 Å². The number of ether oxygens (including phenoxy) is 1. The number of hydrogen-bond acceptors (Lipinski definition) is 3. The molecule has 1 saturated heterocycles. The summed E-state index contributed by atoms with van der Waals surface area (Å²) in [7, 11) is 0. The standard InChI is InChI=1S/C9H11NO2/c10-5-7-6-3-1-2-4-8(6)12-9(7)11/h6-8H,1-4H2/t6-,7-,8+/m0/s1. The lowest BCUT2D eigenvalue weighted by Crippen LogP contribution is -2.23. The van der Waals surface area contributed by atoms with Gasteiger partial charge in [0.1, 0.15) is 12.0 Å². The summed E-state index contributed by atoms with van der Waals surface area (Å²) in [6.45, 7) is 0. The van der Waals surface area contributed by atoms with Crippen LogP contribution in [0.25, 0.3) is 0 Å². The lowest BCUT2D eigenvalue weighted by molar-refractivity contribution is -0.143. The first kappa shape index (κ1) is 7.60. The number of nitrogens with zero attached hydrogens (tertiary/aromatic N) is 1. The van der Waals surface area contributed by atoms with Crippen LogP contribution in [0.1, 0.15) is 25.7 Å². The third-order valence-electron chi connectivity index (χ3n) is 2.84. The van der Waals surface area contributed by atoms with Crippen LogP contribution >= 0.6 is 0 Å². The molecule has 0 aromatic rings. The smallest absolute Gasteiger partial charge is 0.324 e. The molecule has 0 spiro atoms. The third-order valence-corrected chi connectivity index (χ3v) is 2.84. The van der Waals surface area contributed by atoms with E-state index in [4.69, 9.17) is 10.00 Å². The van der Waals surface area contributed by atoms with Crippen molar-refractivity contribution >= 4 is 5.97 Å². The van der Waals surface area contributed by atoms with E-state index in [1.54, 1.807) is 0 Å². The first-order chi connectivity index (χ1) is 5.83. The lowest BCUT2D eigenvalue weighted by atomic mass is 9.81. The summed E-state index contributed by atoms with van der Waals surface area (Å²) < 4.78 is 5.11. The minimum atomic E-state index is -0.477. The fraction of sp³-hybridized carbons (Fsp3) is 0.778. The Morgan fingerprint density at radius 3 is 2.92 bits per heavy atom. The molecule has 2 aliphatic rings. The van der Waals surface area contributed by atoms with Gasteiger partial charge in [-0.2, -0.15) is 5.26 Å². The van der Waals surface area contributed by atoms with Gasteiger partial charge in [-0.05, 0) is 19.3 Å². The van der Waals surface area contributed by atoms with E-state index in [0.29, 0.717) is 0 Å². The maximum Gasteiger partial charge on any atom is 0.324 e. The number of fused-ring (bicyclic) bond motifs is 1. The monoisotopic (exact) mass is 165 g/mol. The van der Waals surface area contributed by atoms with Crippen molar-refractivity contribution in [2.75, 3.05) is 0 Å². The van der Waals surface area contributed by atoms with Crippen LogP contribution in [-0.2, 0) is 9.53 Å². The number of hydrogen-bond donors (Lipinski definition) is 0. The van der Waals surface area contributed by atoms with E-state index in [2.05, 4.69) is 0 Å². The van der Waals surface area contributed by atoms with Gasteiger partial charge in [0.25, 0.3) is 0 Å². The summed E-state index contributed by atoms with van der Waals surface area (Å²) in [4.78, 5) is 11.1. The van der Waals surface area contributed by atoms with Gasteiger partial charge in [-0.1, -0.05) is 6.42 Å². The second-order valence-corrected chi connectivity index (χ2v) is 3.53. The highest BCUT2D eigenvalue weighted by Crippen LogP contribution is 2.38. The van der Waals surface area contributed by atoms with Crippen molar-refractivity contribution in [3.8, 4) is 6.07 Å². The topological polar surface area (TPSA) is 50.1 Å². The van der Waals surface area contributed by atoms with Crippen molar-refractivity contribution in [2.45, 2.75) is 31.8 Å². The predicted octanol–water partition coefficient (Wildman–Crippen LogP) is 1.24. The number of rotatable bonds is 0. The Balaban J connectivity index is 2.17. The summed E-state index contributed by atoms with van der Waals surface area (Å²) in [6.07, 6.45) is 4.25. The first-order valence-corrected chi connectivity index (χ1v) is 4.43. The van der Waals surface area contributed by atoms with Crippen LogP contribution < -0.4 is 0 Å². The minimum Gasteiger partial charge on any atom is -0.461 e. The zero-order chi connectivity index (χ0) is 8.55. The molecule has 1 aliphatic heterocycles. The van der Waals surface area contributed by atoms with E-state index < -0.39 is 5.92 Å². The Kier molecular flexibility index (Phi) is 1.76. The molecule has 0 aromatic carbocycles. The Labute approximate surface area is 71.3 Å². The molecule has 64 valence electrons. The molecule has 3 heteroatoms. The highest BCUT2D eigenvalue weighted by molar-refractivity contribution is 5.78. The zero-order valence-electron chi connectivity index (χ0n) is 6.82. The van der Waals surface area contributed by atoms with Crippen molar-refractivity contribution < 1.29 is 9.53 Å². The summed E-state index contributed by atoms with van der Waals surface area (Å²) >= 11 is 0. The summed E-state index contributed by atoms with van der Waals surface area (Å²) in [5.74, 6) is -0.582. The van der Waals surface area contributed by atoms with E-state index in [9.17, 15) is 4.79 Å². The second kappa shape index (κ2) is 2.78. The van der Waals surface area contributed by atoms with Gasteiger partial charge in [-0.15, -0.1) is 0 Å². The average Bonchev–Trinajstić information content (AvgIpc) is 2.40. The molecule has 2 fully saturated rings. The number of carbonyl (C=O) groups is 1. The zero-order valence-corrected chi connectivity index (χ0v) is 6.82. The molecule has 1 heterocycles. The molecule has 0 amide bonds. The van der Waals surface area contributed by atoms with Crippen LogP contribution in [0.3, 0.4) is 0 Å². The van der Waals surface area contributed by atoms with Crippen molar-refractivity contribution in [1.82, 2.24) is 0 Å². The first-order valence-electron chi connectivity index (χ1n) is 4.43. The van der Waals surface area contributed by atoms with Crippen molar-refractivity contribution in [2.24, 2.45) is 11.8 Å². The van der Waals surface area contributed by atoms with Gasteiger partial charge < -0.3 is 4.74 Å². The van der Waals surface area contributed by atoms with Crippen LogP contribution in [-0.4, -0.2) is 12.1 Å². The molecule has 1 saturated carbocycles. The van der Waals surface area contributed by atoms with Gasteiger partial charge in [-0.3, -0.25) is 4.79 Å². The normalized spacial score (nSPS) is 39.9. The van der Waals surface area contributed by atoms with Crippen LogP contribution in [0.15, 0.2) is 0 Å². The molecular weight excluding hydrogens is 154 g/mol. The highest BCUT2D eigenvalue weighted by atomic mass is 16.6. The molecule has 0 unspecified atom stereocenters. The molecular formula is C9H11NO2. The molecule has 0 N–H and O–H groups in total. The Hall–Kier alpha value is -1.04.